The van der Waals surface area contributed by atoms with Gasteiger partial charge in [-0.3, -0.25) is 9.59 Å². The van der Waals surface area contributed by atoms with Gasteiger partial charge >= 0.3 is 0 Å². The van der Waals surface area contributed by atoms with E-state index in [2.05, 4.69) is 5.10 Å². The summed E-state index contributed by atoms with van der Waals surface area (Å²) in [6, 6.07) is 5.64. The molecule has 2 aromatic rings. The van der Waals surface area contributed by atoms with Crippen LogP contribution in [-0.4, -0.2) is 15.6 Å². The number of carbonyl (C=O) groups excluding carboxylic acids is 1. The van der Waals surface area contributed by atoms with Crippen molar-refractivity contribution in [1.29, 1.82) is 0 Å². The molecule has 0 radical (unpaired) electrons. The Bertz CT molecular complexity index is 794. The van der Waals surface area contributed by atoms with Gasteiger partial charge in [-0.2, -0.15) is 5.10 Å². The number of aryl methyl sites for hydroxylation is 2. The highest BCUT2D eigenvalue weighted by molar-refractivity contribution is 6.31. The average molecular weight is 319 g/mol. The number of hydrogen-bond donors (Lipinski definition) is 0. The van der Waals surface area contributed by atoms with Crippen LogP contribution in [0.2, 0.25) is 5.02 Å². The molecular formula is C17H19ClN2O2. The number of nitrogens with zero attached hydrogens (tertiary/aromatic N) is 2. The monoisotopic (exact) mass is 318 g/mol. The molecule has 1 aromatic carbocycles. The quantitative estimate of drug-likeness (QED) is 0.871. The van der Waals surface area contributed by atoms with Crippen molar-refractivity contribution in [2.24, 2.45) is 7.05 Å². The maximum Gasteiger partial charge on any atom is 0.269 e. The van der Waals surface area contributed by atoms with E-state index >= 15 is 0 Å². The molecule has 22 heavy (non-hydrogen) atoms. The molecule has 0 bridgehead atoms. The van der Waals surface area contributed by atoms with Crippen molar-refractivity contribution < 1.29 is 4.79 Å². The molecule has 1 heterocycles. The van der Waals surface area contributed by atoms with Gasteiger partial charge in [0, 0.05) is 24.1 Å². The topological polar surface area (TPSA) is 52.0 Å². The van der Waals surface area contributed by atoms with Crippen LogP contribution in [0.4, 0.5) is 0 Å². The summed E-state index contributed by atoms with van der Waals surface area (Å²) < 4.78 is 1.29. The summed E-state index contributed by atoms with van der Waals surface area (Å²) in [6.07, 6.45) is 0.523. The van der Waals surface area contributed by atoms with Crippen LogP contribution < -0.4 is 5.56 Å². The first-order chi connectivity index (χ1) is 10.3. The van der Waals surface area contributed by atoms with Crippen molar-refractivity contribution in [2.45, 2.75) is 33.6 Å². The second kappa shape index (κ2) is 6.44. The molecule has 0 saturated carbocycles. The number of benzene rings is 1. The number of carbonyl (C=O) groups is 1. The van der Waals surface area contributed by atoms with Gasteiger partial charge in [0.1, 0.15) is 5.78 Å². The third-order valence-corrected chi connectivity index (χ3v) is 4.29. The van der Waals surface area contributed by atoms with E-state index in [1.54, 1.807) is 14.0 Å². The molecule has 4 nitrogen and oxygen atoms in total. The zero-order valence-electron chi connectivity index (χ0n) is 13.2. The molecule has 0 fully saturated rings. The fourth-order valence-corrected chi connectivity index (χ4v) is 2.52. The van der Waals surface area contributed by atoms with Crippen LogP contribution in [0, 0.1) is 20.8 Å². The minimum absolute atomic E-state index is 0.0496. The summed E-state index contributed by atoms with van der Waals surface area (Å²) in [5.41, 5.74) is 3.84. The Hall–Kier alpha value is -1.94. The first-order valence-corrected chi connectivity index (χ1v) is 7.47. The van der Waals surface area contributed by atoms with E-state index in [4.69, 9.17) is 11.6 Å². The summed E-state index contributed by atoms with van der Waals surface area (Å²) in [4.78, 5) is 24.1. The molecule has 0 spiro atoms. The van der Waals surface area contributed by atoms with Crippen LogP contribution in [0.25, 0.3) is 0 Å². The molecule has 0 atom stereocenters. The Morgan fingerprint density at radius 3 is 2.50 bits per heavy atom. The lowest BCUT2D eigenvalue weighted by molar-refractivity contribution is -0.117. The molecule has 0 N–H and O–H groups in total. The molecule has 0 aliphatic carbocycles. The van der Waals surface area contributed by atoms with E-state index < -0.39 is 0 Å². The summed E-state index contributed by atoms with van der Waals surface area (Å²) in [7, 11) is 1.60. The zero-order chi connectivity index (χ0) is 16.4. The minimum atomic E-state index is -0.126. The number of ketones is 1. The third-order valence-electron chi connectivity index (χ3n) is 3.88. The highest BCUT2D eigenvalue weighted by Gasteiger charge is 2.13. The fraction of sp³-hybridized carbons (Fsp3) is 0.353. The van der Waals surface area contributed by atoms with Crippen molar-refractivity contribution in [2.75, 3.05) is 0 Å². The van der Waals surface area contributed by atoms with Gasteiger partial charge in [-0.25, -0.2) is 4.68 Å². The summed E-state index contributed by atoms with van der Waals surface area (Å²) in [5.74, 6) is 0.0496. The van der Waals surface area contributed by atoms with Gasteiger partial charge in [-0.05, 0) is 43.5 Å². The summed E-state index contributed by atoms with van der Waals surface area (Å²) in [5, 5.41) is 4.87. The smallest absolute Gasteiger partial charge is 0.269 e. The van der Waals surface area contributed by atoms with Crippen LogP contribution in [0.15, 0.2) is 23.0 Å². The van der Waals surface area contributed by atoms with Gasteiger partial charge in [-0.1, -0.05) is 23.7 Å². The van der Waals surface area contributed by atoms with Crippen LogP contribution in [-0.2, 0) is 24.7 Å². The van der Waals surface area contributed by atoms with Gasteiger partial charge in [0.15, 0.2) is 0 Å². The summed E-state index contributed by atoms with van der Waals surface area (Å²) in [6.45, 7) is 5.51. The Morgan fingerprint density at radius 1 is 1.18 bits per heavy atom. The number of Topliss-reactive ketones (excluding diaryl/α,β-unsaturated/α-hetero) is 1. The predicted molar refractivity (Wildman–Crippen MR) is 87.6 cm³/mol. The van der Waals surface area contributed by atoms with E-state index in [0.29, 0.717) is 22.7 Å². The van der Waals surface area contributed by atoms with Crippen LogP contribution in [0.3, 0.4) is 0 Å². The fourth-order valence-electron chi connectivity index (χ4n) is 2.31. The van der Waals surface area contributed by atoms with E-state index in [9.17, 15) is 9.59 Å². The first-order valence-electron chi connectivity index (χ1n) is 7.09. The molecule has 2 rings (SSSR count). The van der Waals surface area contributed by atoms with Gasteiger partial charge in [0.25, 0.3) is 5.56 Å². The molecule has 0 amide bonds. The number of hydrogen-bond acceptors (Lipinski definition) is 3. The largest absolute Gasteiger partial charge is 0.299 e. The standard InChI is InChI=1S/C17H19ClN2O2/c1-10-5-6-13(8-15(10)18)7-14(21)9-16-11(2)12(3)17(22)20(4)19-16/h5-6,8H,7,9H2,1-4H3. The molecule has 0 saturated heterocycles. The molecule has 0 unspecified atom stereocenters. The van der Waals surface area contributed by atoms with Crippen molar-refractivity contribution in [3.05, 3.63) is 61.5 Å². The van der Waals surface area contributed by atoms with E-state index in [0.717, 1.165) is 16.7 Å². The average Bonchev–Trinajstić information content (AvgIpc) is 2.46. The predicted octanol–water partition coefficient (Wildman–Crippen LogP) is 2.71. The van der Waals surface area contributed by atoms with Crippen LogP contribution in [0.5, 0.6) is 0 Å². The van der Waals surface area contributed by atoms with Crippen molar-refractivity contribution >= 4 is 17.4 Å². The molecular weight excluding hydrogens is 300 g/mol. The van der Waals surface area contributed by atoms with Gasteiger partial charge < -0.3 is 0 Å². The van der Waals surface area contributed by atoms with Crippen molar-refractivity contribution in [3.8, 4) is 0 Å². The highest BCUT2D eigenvalue weighted by atomic mass is 35.5. The number of rotatable bonds is 4. The maximum atomic E-state index is 12.3. The van der Waals surface area contributed by atoms with E-state index in [-0.39, 0.29) is 17.8 Å². The van der Waals surface area contributed by atoms with Crippen molar-refractivity contribution in [1.82, 2.24) is 9.78 Å². The number of aromatic nitrogens is 2. The minimum Gasteiger partial charge on any atom is -0.299 e. The Kier molecular flexibility index (Phi) is 4.81. The van der Waals surface area contributed by atoms with Crippen molar-refractivity contribution in [3.63, 3.8) is 0 Å². The third kappa shape index (κ3) is 3.45. The Morgan fingerprint density at radius 2 is 1.86 bits per heavy atom. The van der Waals surface area contributed by atoms with E-state index in [1.165, 1.54) is 4.68 Å². The maximum absolute atomic E-state index is 12.3. The molecule has 0 aliphatic rings. The molecule has 116 valence electrons. The van der Waals surface area contributed by atoms with Gasteiger partial charge in [0.2, 0.25) is 0 Å². The lowest BCUT2D eigenvalue weighted by Crippen LogP contribution is -2.26. The van der Waals surface area contributed by atoms with Crippen LogP contribution >= 0.6 is 11.6 Å². The lowest BCUT2D eigenvalue weighted by atomic mass is 10.0. The normalized spacial score (nSPS) is 10.8. The Labute approximate surface area is 134 Å². The first kappa shape index (κ1) is 16.4. The second-order valence-electron chi connectivity index (χ2n) is 5.60. The summed E-state index contributed by atoms with van der Waals surface area (Å²) >= 11 is 6.08. The van der Waals surface area contributed by atoms with Gasteiger partial charge in [0.05, 0.1) is 12.1 Å². The zero-order valence-corrected chi connectivity index (χ0v) is 14.0. The molecule has 0 aliphatic heterocycles. The lowest BCUT2D eigenvalue weighted by Gasteiger charge is -2.09. The van der Waals surface area contributed by atoms with Gasteiger partial charge in [-0.15, -0.1) is 0 Å². The van der Waals surface area contributed by atoms with Crippen LogP contribution in [0.1, 0.15) is 27.9 Å². The molecule has 1 aromatic heterocycles. The molecule has 5 heteroatoms. The number of halogens is 1. The van der Waals surface area contributed by atoms with E-state index in [1.807, 2.05) is 32.0 Å². The Balaban J connectivity index is 2.19. The highest BCUT2D eigenvalue weighted by Crippen LogP contribution is 2.17. The second-order valence-corrected chi connectivity index (χ2v) is 6.01. The SMILES string of the molecule is Cc1ccc(CC(=O)Cc2nn(C)c(=O)c(C)c2C)cc1Cl.